The Bertz CT molecular complexity index is 372. The Balaban J connectivity index is 1.85. The summed E-state index contributed by atoms with van der Waals surface area (Å²) in [5.74, 6) is 3.34. The van der Waals surface area contributed by atoms with Gasteiger partial charge in [0.1, 0.15) is 0 Å². The number of aliphatic hydroxyl groups excluding tert-OH is 1. The Morgan fingerprint density at radius 1 is 1.25 bits per heavy atom. The standard InChI is InChI=1S/C17H27NOS/c1-18-17(14-19,16-9-3-2-4-10-16)11-12-20-13-15-7-5-6-8-15/h2-4,9-10,15,18-19H,5-8,11-14H2,1H3. The molecule has 0 amide bonds. The summed E-state index contributed by atoms with van der Waals surface area (Å²) in [4.78, 5) is 0. The number of thioether (sulfide) groups is 1. The van der Waals surface area contributed by atoms with Gasteiger partial charge in [0.2, 0.25) is 0 Å². The molecular weight excluding hydrogens is 266 g/mol. The van der Waals surface area contributed by atoms with Gasteiger partial charge in [0.25, 0.3) is 0 Å². The molecule has 2 rings (SSSR count). The maximum absolute atomic E-state index is 9.87. The van der Waals surface area contributed by atoms with Crippen LogP contribution in [0.2, 0.25) is 0 Å². The summed E-state index contributed by atoms with van der Waals surface area (Å²) in [7, 11) is 1.95. The summed E-state index contributed by atoms with van der Waals surface area (Å²) in [5.41, 5.74) is 0.899. The van der Waals surface area contributed by atoms with Crippen LogP contribution in [0.25, 0.3) is 0 Å². The zero-order valence-electron chi connectivity index (χ0n) is 12.5. The van der Waals surface area contributed by atoms with Gasteiger partial charge in [-0.25, -0.2) is 0 Å². The van der Waals surface area contributed by atoms with Gasteiger partial charge < -0.3 is 10.4 Å². The van der Waals surface area contributed by atoms with Crippen LogP contribution in [0.15, 0.2) is 30.3 Å². The number of hydrogen-bond acceptors (Lipinski definition) is 3. The molecule has 1 aliphatic carbocycles. The molecule has 0 bridgehead atoms. The van der Waals surface area contributed by atoms with Gasteiger partial charge in [-0.2, -0.15) is 11.8 Å². The van der Waals surface area contributed by atoms with Crippen LogP contribution in [0.3, 0.4) is 0 Å². The van der Waals surface area contributed by atoms with E-state index in [9.17, 15) is 5.11 Å². The molecule has 3 heteroatoms. The minimum Gasteiger partial charge on any atom is -0.394 e. The lowest BCUT2D eigenvalue weighted by molar-refractivity contribution is 0.165. The van der Waals surface area contributed by atoms with Gasteiger partial charge >= 0.3 is 0 Å². The maximum Gasteiger partial charge on any atom is 0.0674 e. The SMILES string of the molecule is CNC(CO)(CCSCC1CCCC1)c1ccccc1. The van der Waals surface area contributed by atoms with E-state index in [1.807, 2.05) is 25.2 Å². The second kappa shape index (κ2) is 8.06. The Kier molecular flexibility index (Phi) is 6.40. The van der Waals surface area contributed by atoms with Gasteiger partial charge in [0.05, 0.1) is 12.1 Å². The quantitative estimate of drug-likeness (QED) is 0.721. The number of rotatable bonds is 8. The summed E-state index contributed by atoms with van der Waals surface area (Å²) < 4.78 is 0. The van der Waals surface area contributed by atoms with Crippen molar-refractivity contribution in [2.24, 2.45) is 5.92 Å². The smallest absolute Gasteiger partial charge is 0.0674 e. The number of nitrogens with one attached hydrogen (secondary N) is 1. The second-order valence-corrected chi connectivity index (χ2v) is 6.98. The molecular formula is C17H27NOS. The molecule has 0 aliphatic heterocycles. The van der Waals surface area contributed by atoms with Crippen molar-refractivity contribution in [2.75, 3.05) is 25.2 Å². The van der Waals surface area contributed by atoms with E-state index < -0.39 is 0 Å². The Hall–Kier alpha value is -0.510. The van der Waals surface area contributed by atoms with E-state index >= 15 is 0 Å². The number of aliphatic hydroxyl groups is 1. The number of likely N-dealkylation sites (N-methyl/N-ethyl adjacent to an activating group) is 1. The van der Waals surface area contributed by atoms with Crippen LogP contribution in [-0.2, 0) is 5.54 Å². The monoisotopic (exact) mass is 293 g/mol. The lowest BCUT2D eigenvalue weighted by Crippen LogP contribution is -2.44. The highest BCUT2D eigenvalue weighted by atomic mass is 32.2. The molecule has 2 nitrogen and oxygen atoms in total. The average Bonchev–Trinajstić information content (AvgIpc) is 3.02. The van der Waals surface area contributed by atoms with Crippen LogP contribution >= 0.6 is 11.8 Å². The lowest BCUT2D eigenvalue weighted by atomic mass is 9.88. The van der Waals surface area contributed by atoms with Crippen molar-refractivity contribution in [3.63, 3.8) is 0 Å². The van der Waals surface area contributed by atoms with Gasteiger partial charge in [0.15, 0.2) is 0 Å². The zero-order chi connectivity index (χ0) is 14.3. The molecule has 1 unspecified atom stereocenters. The fourth-order valence-electron chi connectivity index (χ4n) is 3.09. The molecule has 0 radical (unpaired) electrons. The van der Waals surface area contributed by atoms with E-state index in [0.29, 0.717) is 0 Å². The van der Waals surface area contributed by atoms with Crippen LogP contribution in [0.5, 0.6) is 0 Å². The van der Waals surface area contributed by atoms with Crippen molar-refractivity contribution >= 4 is 11.8 Å². The first-order valence-corrected chi connectivity index (χ1v) is 8.89. The first-order chi connectivity index (χ1) is 9.80. The molecule has 1 atom stereocenters. The summed E-state index contributed by atoms with van der Waals surface area (Å²) in [5, 5.41) is 13.2. The summed E-state index contributed by atoms with van der Waals surface area (Å²) in [6.45, 7) is 0.150. The number of hydrogen-bond donors (Lipinski definition) is 2. The van der Waals surface area contributed by atoms with E-state index in [1.165, 1.54) is 37.0 Å². The predicted molar refractivity (Wildman–Crippen MR) is 88.2 cm³/mol. The van der Waals surface area contributed by atoms with Crippen LogP contribution in [0, 0.1) is 5.92 Å². The molecule has 0 heterocycles. The largest absolute Gasteiger partial charge is 0.394 e. The normalized spacial score (nSPS) is 19.1. The minimum atomic E-state index is -0.288. The molecule has 20 heavy (non-hydrogen) atoms. The third-order valence-corrected chi connectivity index (χ3v) is 5.78. The van der Waals surface area contributed by atoms with Gasteiger partial charge in [-0.1, -0.05) is 43.2 Å². The predicted octanol–water partition coefficient (Wildman–Crippen LogP) is 3.41. The van der Waals surface area contributed by atoms with E-state index in [1.54, 1.807) is 0 Å². The molecule has 1 fully saturated rings. The highest BCUT2D eigenvalue weighted by Gasteiger charge is 2.29. The highest BCUT2D eigenvalue weighted by Crippen LogP contribution is 2.30. The van der Waals surface area contributed by atoms with Crippen molar-refractivity contribution in [1.29, 1.82) is 0 Å². The molecule has 0 saturated heterocycles. The third kappa shape index (κ3) is 4.00. The Morgan fingerprint density at radius 2 is 1.95 bits per heavy atom. The molecule has 1 aromatic rings. The fourth-order valence-corrected chi connectivity index (χ4v) is 4.42. The molecule has 1 aromatic carbocycles. The molecule has 1 aliphatic rings. The maximum atomic E-state index is 9.87. The van der Waals surface area contributed by atoms with Crippen LogP contribution < -0.4 is 5.32 Å². The molecule has 0 spiro atoms. The molecule has 0 aromatic heterocycles. The van der Waals surface area contributed by atoms with E-state index in [4.69, 9.17) is 0 Å². The number of benzene rings is 1. The van der Waals surface area contributed by atoms with Crippen LogP contribution in [-0.4, -0.2) is 30.3 Å². The van der Waals surface area contributed by atoms with Crippen LogP contribution in [0.1, 0.15) is 37.7 Å². The Morgan fingerprint density at radius 3 is 2.55 bits per heavy atom. The molecule has 2 N–H and O–H groups in total. The average molecular weight is 293 g/mol. The van der Waals surface area contributed by atoms with Crippen molar-refractivity contribution in [3.05, 3.63) is 35.9 Å². The third-order valence-electron chi connectivity index (χ3n) is 4.58. The molecule has 1 saturated carbocycles. The summed E-state index contributed by atoms with van der Waals surface area (Å²) in [6, 6.07) is 10.3. The highest BCUT2D eigenvalue weighted by molar-refractivity contribution is 7.99. The topological polar surface area (TPSA) is 32.3 Å². The van der Waals surface area contributed by atoms with E-state index in [0.717, 1.165) is 18.1 Å². The van der Waals surface area contributed by atoms with Gasteiger partial charge in [-0.15, -0.1) is 0 Å². The van der Waals surface area contributed by atoms with Crippen molar-refractivity contribution in [3.8, 4) is 0 Å². The zero-order valence-corrected chi connectivity index (χ0v) is 13.3. The van der Waals surface area contributed by atoms with Crippen molar-refractivity contribution in [2.45, 2.75) is 37.6 Å². The minimum absolute atomic E-state index is 0.150. The van der Waals surface area contributed by atoms with E-state index in [2.05, 4.69) is 29.2 Å². The van der Waals surface area contributed by atoms with Crippen molar-refractivity contribution < 1.29 is 5.11 Å². The first-order valence-electron chi connectivity index (χ1n) is 7.74. The van der Waals surface area contributed by atoms with Gasteiger partial charge in [-0.3, -0.25) is 0 Å². The van der Waals surface area contributed by atoms with E-state index in [-0.39, 0.29) is 12.1 Å². The first kappa shape index (κ1) is 15.9. The van der Waals surface area contributed by atoms with Crippen molar-refractivity contribution in [1.82, 2.24) is 5.32 Å². The lowest BCUT2D eigenvalue weighted by Gasteiger charge is -2.32. The van der Waals surface area contributed by atoms with Gasteiger partial charge in [0, 0.05) is 0 Å². The second-order valence-electron chi connectivity index (χ2n) is 5.83. The summed E-state index contributed by atoms with van der Waals surface area (Å²) in [6.07, 6.45) is 6.66. The fraction of sp³-hybridized carbons (Fsp3) is 0.647. The molecule has 112 valence electrons. The Labute approximate surface area is 127 Å². The van der Waals surface area contributed by atoms with Gasteiger partial charge in [-0.05, 0) is 49.3 Å². The summed E-state index contributed by atoms with van der Waals surface area (Å²) >= 11 is 2.05. The van der Waals surface area contributed by atoms with Crippen LogP contribution in [0.4, 0.5) is 0 Å².